The third kappa shape index (κ3) is 3.55. The lowest BCUT2D eigenvalue weighted by Crippen LogP contribution is -2.27. The van der Waals surface area contributed by atoms with E-state index < -0.39 is 0 Å². The molecule has 1 N–H and O–H groups in total. The second kappa shape index (κ2) is 6.32. The van der Waals surface area contributed by atoms with E-state index in [2.05, 4.69) is 36.2 Å². The fraction of sp³-hybridized carbons (Fsp3) is 0.857. The van der Waals surface area contributed by atoms with Crippen molar-refractivity contribution in [2.24, 2.45) is 11.8 Å². The van der Waals surface area contributed by atoms with E-state index in [1.54, 1.807) is 6.33 Å². The first-order valence-corrected chi connectivity index (χ1v) is 7.26. The fourth-order valence-corrected chi connectivity index (χ4v) is 2.75. The second-order valence-electron chi connectivity index (χ2n) is 5.97. The monoisotopic (exact) mass is 250 g/mol. The van der Waals surface area contributed by atoms with Gasteiger partial charge < -0.3 is 5.32 Å². The third-order valence-electron chi connectivity index (χ3n) is 3.99. The highest BCUT2D eigenvalue weighted by molar-refractivity contribution is 4.86. The molecular weight excluding hydrogens is 224 g/mol. The Morgan fingerprint density at radius 1 is 1.33 bits per heavy atom. The van der Waals surface area contributed by atoms with Gasteiger partial charge in [-0.15, -0.1) is 0 Å². The summed E-state index contributed by atoms with van der Waals surface area (Å²) in [6.07, 6.45) is 7.21. The van der Waals surface area contributed by atoms with Crippen molar-refractivity contribution in [1.82, 2.24) is 20.1 Å². The van der Waals surface area contributed by atoms with Crippen molar-refractivity contribution < 1.29 is 0 Å². The first-order valence-electron chi connectivity index (χ1n) is 7.26. The number of hydrogen-bond acceptors (Lipinski definition) is 3. The quantitative estimate of drug-likeness (QED) is 0.874. The van der Waals surface area contributed by atoms with Crippen LogP contribution in [-0.4, -0.2) is 21.3 Å². The van der Waals surface area contributed by atoms with Crippen molar-refractivity contribution in [3.05, 3.63) is 12.2 Å². The molecule has 1 aliphatic rings. The van der Waals surface area contributed by atoms with Crippen LogP contribution < -0.4 is 5.32 Å². The molecule has 2 rings (SSSR count). The summed E-state index contributed by atoms with van der Waals surface area (Å²) in [6, 6.07) is 0.389. The number of nitrogens with zero attached hydrogens (tertiary/aromatic N) is 3. The van der Waals surface area contributed by atoms with Crippen LogP contribution >= 0.6 is 0 Å². The average molecular weight is 250 g/mol. The molecule has 0 atom stereocenters. The van der Waals surface area contributed by atoms with Crippen LogP contribution in [0, 0.1) is 11.8 Å². The molecule has 1 aromatic heterocycles. The molecule has 0 unspecified atom stereocenters. The summed E-state index contributed by atoms with van der Waals surface area (Å²) in [5.74, 6) is 2.84. The molecule has 4 nitrogen and oxygen atoms in total. The number of nitrogens with one attached hydrogen (secondary N) is 1. The Morgan fingerprint density at radius 3 is 2.72 bits per heavy atom. The molecule has 0 amide bonds. The van der Waals surface area contributed by atoms with Crippen molar-refractivity contribution in [1.29, 1.82) is 0 Å². The zero-order chi connectivity index (χ0) is 13.0. The Labute approximate surface area is 110 Å². The normalized spacial score (nSPS) is 24.7. The van der Waals surface area contributed by atoms with Gasteiger partial charge in [-0.05, 0) is 45.1 Å². The molecular formula is C14H26N4. The van der Waals surface area contributed by atoms with E-state index in [1.165, 1.54) is 25.7 Å². The largest absolute Gasteiger partial charge is 0.310 e. The molecule has 0 bridgehead atoms. The van der Waals surface area contributed by atoms with Gasteiger partial charge in [0.1, 0.15) is 12.2 Å². The summed E-state index contributed by atoms with van der Waals surface area (Å²) in [5, 5.41) is 7.80. The number of aromatic nitrogens is 3. The summed E-state index contributed by atoms with van der Waals surface area (Å²) in [4.78, 5) is 4.32. The van der Waals surface area contributed by atoms with Gasteiger partial charge in [0.25, 0.3) is 0 Å². The molecule has 1 saturated carbocycles. The fourth-order valence-electron chi connectivity index (χ4n) is 2.75. The van der Waals surface area contributed by atoms with Gasteiger partial charge in [-0.25, -0.2) is 9.67 Å². The first kappa shape index (κ1) is 13.5. The van der Waals surface area contributed by atoms with Crippen LogP contribution in [0.25, 0.3) is 0 Å². The third-order valence-corrected chi connectivity index (χ3v) is 3.99. The predicted molar refractivity (Wildman–Crippen MR) is 73.2 cm³/mol. The van der Waals surface area contributed by atoms with Crippen LogP contribution in [0.5, 0.6) is 0 Å². The Kier molecular flexibility index (Phi) is 4.75. The van der Waals surface area contributed by atoms with Gasteiger partial charge in [-0.3, -0.25) is 0 Å². The topological polar surface area (TPSA) is 42.7 Å². The second-order valence-corrected chi connectivity index (χ2v) is 5.97. The van der Waals surface area contributed by atoms with Crippen LogP contribution in [0.2, 0.25) is 0 Å². The van der Waals surface area contributed by atoms with Crippen molar-refractivity contribution in [3.63, 3.8) is 0 Å². The lowest BCUT2D eigenvalue weighted by molar-refractivity contribution is 0.280. The highest BCUT2D eigenvalue weighted by atomic mass is 15.3. The highest BCUT2D eigenvalue weighted by Gasteiger charge is 2.18. The standard InChI is InChI=1S/C14H26N4/c1-11(2)18-14(16-10-17-18)9-15-8-13-6-4-12(3)5-7-13/h10-13,15H,4-9H2,1-3H3. The van der Waals surface area contributed by atoms with E-state index in [-0.39, 0.29) is 0 Å². The zero-order valence-electron chi connectivity index (χ0n) is 11.9. The zero-order valence-corrected chi connectivity index (χ0v) is 11.9. The Bertz CT molecular complexity index is 350. The molecule has 18 heavy (non-hydrogen) atoms. The van der Waals surface area contributed by atoms with Gasteiger partial charge in [-0.2, -0.15) is 5.10 Å². The number of hydrogen-bond donors (Lipinski definition) is 1. The van der Waals surface area contributed by atoms with E-state index in [0.29, 0.717) is 6.04 Å². The summed E-state index contributed by atoms with van der Waals surface area (Å²) >= 11 is 0. The van der Waals surface area contributed by atoms with E-state index >= 15 is 0 Å². The molecule has 0 aliphatic heterocycles. The van der Waals surface area contributed by atoms with Gasteiger partial charge in [-0.1, -0.05) is 19.8 Å². The predicted octanol–water partition coefficient (Wildman–Crippen LogP) is 2.77. The van der Waals surface area contributed by atoms with E-state index in [9.17, 15) is 0 Å². The molecule has 0 aromatic carbocycles. The highest BCUT2D eigenvalue weighted by Crippen LogP contribution is 2.27. The summed E-state index contributed by atoms with van der Waals surface area (Å²) in [6.45, 7) is 8.61. The molecule has 102 valence electrons. The minimum Gasteiger partial charge on any atom is -0.310 e. The summed E-state index contributed by atoms with van der Waals surface area (Å²) < 4.78 is 2.00. The Hall–Kier alpha value is -0.900. The van der Waals surface area contributed by atoms with Crippen LogP contribution in [0.15, 0.2) is 6.33 Å². The van der Waals surface area contributed by atoms with E-state index in [0.717, 1.165) is 30.7 Å². The van der Waals surface area contributed by atoms with Crippen LogP contribution in [0.4, 0.5) is 0 Å². The molecule has 0 radical (unpaired) electrons. The average Bonchev–Trinajstić information content (AvgIpc) is 2.80. The van der Waals surface area contributed by atoms with E-state index in [1.807, 2.05) is 4.68 Å². The first-order chi connectivity index (χ1) is 8.66. The maximum atomic E-state index is 4.32. The summed E-state index contributed by atoms with van der Waals surface area (Å²) in [7, 11) is 0. The Balaban J connectivity index is 1.73. The van der Waals surface area contributed by atoms with Gasteiger partial charge in [0.05, 0.1) is 6.54 Å². The van der Waals surface area contributed by atoms with Gasteiger partial charge in [0, 0.05) is 6.04 Å². The molecule has 4 heteroatoms. The Morgan fingerprint density at radius 2 is 2.06 bits per heavy atom. The maximum absolute atomic E-state index is 4.32. The minimum absolute atomic E-state index is 0.389. The molecule has 1 aromatic rings. The molecule has 1 fully saturated rings. The molecule has 1 aliphatic carbocycles. The molecule has 0 saturated heterocycles. The maximum Gasteiger partial charge on any atom is 0.141 e. The van der Waals surface area contributed by atoms with E-state index in [4.69, 9.17) is 0 Å². The number of rotatable bonds is 5. The van der Waals surface area contributed by atoms with Crippen LogP contribution in [0.1, 0.15) is 58.3 Å². The summed E-state index contributed by atoms with van der Waals surface area (Å²) in [5.41, 5.74) is 0. The molecule has 0 spiro atoms. The molecule has 1 heterocycles. The minimum atomic E-state index is 0.389. The van der Waals surface area contributed by atoms with Gasteiger partial charge >= 0.3 is 0 Å². The van der Waals surface area contributed by atoms with Crippen molar-refractivity contribution in [2.45, 2.75) is 59.0 Å². The van der Waals surface area contributed by atoms with Crippen molar-refractivity contribution in [3.8, 4) is 0 Å². The van der Waals surface area contributed by atoms with Crippen molar-refractivity contribution in [2.75, 3.05) is 6.54 Å². The SMILES string of the molecule is CC1CCC(CNCc2ncnn2C(C)C)CC1. The van der Waals surface area contributed by atoms with Crippen LogP contribution in [-0.2, 0) is 6.54 Å². The lowest BCUT2D eigenvalue weighted by atomic mass is 9.83. The van der Waals surface area contributed by atoms with Gasteiger partial charge in [0.15, 0.2) is 0 Å². The smallest absolute Gasteiger partial charge is 0.141 e. The van der Waals surface area contributed by atoms with Gasteiger partial charge in [0.2, 0.25) is 0 Å². The van der Waals surface area contributed by atoms with Crippen molar-refractivity contribution >= 4 is 0 Å². The lowest BCUT2D eigenvalue weighted by Gasteiger charge is -2.26. The van der Waals surface area contributed by atoms with Crippen LogP contribution in [0.3, 0.4) is 0 Å².